The van der Waals surface area contributed by atoms with E-state index in [1.807, 2.05) is 0 Å². The second-order valence-electron chi connectivity index (χ2n) is 4.19. The van der Waals surface area contributed by atoms with Gasteiger partial charge >= 0.3 is 0 Å². The topological polar surface area (TPSA) is 66.6 Å². The van der Waals surface area contributed by atoms with E-state index in [2.05, 4.69) is 6.92 Å². The lowest BCUT2D eigenvalue weighted by Crippen LogP contribution is -2.42. The summed E-state index contributed by atoms with van der Waals surface area (Å²) in [5, 5.41) is 9.32. The highest BCUT2D eigenvalue weighted by Gasteiger charge is 2.18. The van der Waals surface area contributed by atoms with Gasteiger partial charge in [-0.05, 0) is 25.8 Å². The predicted octanol–water partition coefficient (Wildman–Crippen LogP) is 1.12. The first-order valence-corrected chi connectivity index (χ1v) is 6.25. The molecule has 1 amide bonds. The van der Waals surface area contributed by atoms with E-state index in [1.165, 1.54) is 0 Å². The maximum atomic E-state index is 11.5. The third-order valence-corrected chi connectivity index (χ3v) is 2.80. The van der Waals surface area contributed by atoms with Crippen LogP contribution in [0.3, 0.4) is 0 Å². The number of aliphatic hydroxyl groups is 1. The first-order chi connectivity index (χ1) is 7.67. The van der Waals surface area contributed by atoms with Crippen molar-refractivity contribution in [3.8, 4) is 0 Å². The maximum absolute atomic E-state index is 11.5. The highest BCUT2D eigenvalue weighted by atomic mass is 16.3. The van der Waals surface area contributed by atoms with E-state index in [9.17, 15) is 9.90 Å². The van der Waals surface area contributed by atoms with Crippen LogP contribution in [0, 0.1) is 0 Å². The fourth-order valence-corrected chi connectivity index (χ4v) is 1.80. The van der Waals surface area contributed by atoms with Crippen LogP contribution >= 0.6 is 0 Å². The smallest absolute Gasteiger partial charge is 0.219 e. The van der Waals surface area contributed by atoms with Crippen LogP contribution in [0.1, 0.15) is 46.0 Å². The van der Waals surface area contributed by atoms with Crippen molar-refractivity contribution in [2.75, 3.05) is 19.7 Å². The summed E-state index contributed by atoms with van der Waals surface area (Å²) >= 11 is 0. The van der Waals surface area contributed by atoms with Crippen LogP contribution in [0.4, 0.5) is 0 Å². The summed E-state index contributed by atoms with van der Waals surface area (Å²) in [6.45, 7) is 5.14. The van der Waals surface area contributed by atoms with E-state index in [0.29, 0.717) is 6.54 Å². The van der Waals surface area contributed by atoms with Gasteiger partial charge in [0, 0.05) is 13.5 Å². The minimum absolute atomic E-state index is 0.0319. The average molecular weight is 230 g/mol. The van der Waals surface area contributed by atoms with Crippen molar-refractivity contribution in [2.45, 2.75) is 52.0 Å². The SMILES string of the molecule is CCCCN(C(C)=O)[C@H](CO)CCCCN. The predicted molar refractivity (Wildman–Crippen MR) is 66.1 cm³/mol. The highest BCUT2D eigenvalue weighted by Crippen LogP contribution is 2.10. The van der Waals surface area contributed by atoms with Crippen molar-refractivity contribution >= 4 is 5.91 Å². The third kappa shape index (κ3) is 6.08. The van der Waals surface area contributed by atoms with Crippen LogP contribution < -0.4 is 5.73 Å². The molecule has 0 spiro atoms. The number of rotatable bonds is 9. The molecule has 0 aliphatic carbocycles. The zero-order chi connectivity index (χ0) is 12.4. The normalized spacial score (nSPS) is 12.5. The molecular weight excluding hydrogens is 204 g/mol. The molecule has 0 radical (unpaired) electrons. The summed E-state index contributed by atoms with van der Waals surface area (Å²) in [7, 11) is 0. The lowest BCUT2D eigenvalue weighted by molar-refractivity contribution is -0.132. The molecule has 0 aromatic heterocycles. The van der Waals surface area contributed by atoms with Crippen LogP contribution in [0.25, 0.3) is 0 Å². The molecule has 0 heterocycles. The molecule has 0 bridgehead atoms. The van der Waals surface area contributed by atoms with Gasteiger partial charge in [-0.2, -0.15) is 0 Å². The summed E-state index contributed by atoms with van der Waals surface area (Å²) in [6.07, 6.45) is 4.82. The summed E-state index contributed by atoms with van der Waals surface area (Å²) in [6, 6.07) is -0.0319. The van der Waals surface area contributed by atoms with E-state index >= 15 is 0 Å². The highest BCUT2D eigenvalue weighted by molar-refractivity contribution is 5.73. The van der Waals surface area contributed by atoms with Gasteiger partial charge in [0.25, 0.3) is 0 Å². The van der Waals surface area contributed by atoms with Gasteiger partial charge in [-0.3, -0.25) is 4.79 Å². The van der Waals surface area contributed by atoms with E-state index < -0.39 is 0 Å². The van der Waals surface area contributed by atoms with Crippen molar-refractivity contribution in [1.82, 2.24) is 4.90 Å². The minimum Gasteiger partial charge on any atom is -0.394 e. The van der Waals surface area contributed by atoms with Crippen molar-refractivity contribution in [2.24, 2.45) is 5.73 Å². The quantitative estimate of drug-likeness (QED) is 0.583. The summed E-state index contributed by atoms with van der Waals surface area (Å²) in [5.41, 5.74) is 5.43. The van der Waals surface area contributed by atoms with Crippen molar-refractivity contribution < 1.29 is 9.90 Å². The van der Waals surface area contributed by atoms with E-state index in [-0.39, 0.29) is 18.6 Å². The number of carbonyl (C=O) groups excluding carboxylic acids is 1. The number of amides is 1. The Hall–Kier alpha value is -0.610. The standard InChI is InChI=1S/C12H26N2O2/c1-3-4-9-14(11(2)16)12(10-15)7-5-6-8-13/h12,15H,3-10,13H2,1-2H3/t12-/m0/s1. The molecule has 0 aliphatic rings. The molecule has 0 fully saturated rings. The molecule has 0 rings (SSSR count). The minimum atomic E-state index is -0.0319. The van der Waals surface area contributed by atoms with Crippen LogP contribution in [0.15, 0.2) is 0 Å². The van der Waals surface area contributed by atoms with Crippen molar-refractivity contribution in [3.63, 3.8) is 0 Å². The van der Waals surface area contributed by atoms with Gasteiger partial charge in [0.1, 0.15) is 0 Å². The first kappa shape index (κ1) is 15.4. The number of aliphatic hydroxyl groups excluding tert-OH is 1. The molecule has 0 saturated carbocycles. The number of hydrogen-bond acceptors (Lipinski definition) is 3. The van der Waals surface area contributed by atoms with Crippen LogP contribution in [0.5, 0.6) is 0 Å². The van der Waals surface area contributed by atoms with E-state index in [0.717, 1.165) is 38.6 Å². The van der Waals surface area contributed by atoms with Crippen molar-refractivity contribution in [3.05, 3.63) is 0 Å². The second-order valence-corrected chi connectivity index (χ2v) is 4.19. The molecule has 96 valence electrons. The largest absolute Gasteiger partial charge is 0.394 e. The molecule has 4 heteroatoms. The molecule has 0 aromatic rings. The fraction of sp³-hybridized carbons (Fsp3) is 0.917. The average Bonchev–Trinajstić information content (AvgIpc) is 2.26. The van der Waals surface area contributed by atoms with Gasteiger partial charge in [0.2, 0.25) is 5.91 Å². The monoisotopic (exact) mass is 230 g/mol. The molecule has 0 aromatic carbocycles. The van der Waals surface area contributed by atoms with Gasteiger partial charge in [0.15, 0.2) is 0 Å². The number of hydrogen-bond donors (Lipinski definition) is 2. The molecule has 0 unspecified atom stereocenters. The molecular formula is C12H26N2O2. The molecule has 1 atom stereocenters. The summed E-state index contributed by atoms with van der Waals surface area (Å²) in [5.74, 6) is 0.0558. The molecule has 0 aliphatic heterocycles. The van der Waals surface area contributed by atoms with Gasteiger partial charge in [-0.25, -0.2) is 0 Å². The van der Waals surface area contributed by atoms with Gasteiger partial charge in [0.05, 0.1) is 12.6 Å². The van der Waals surface area contributed by atoms with Crippen LogP contribution in [0.2, 0.25) is 0 Å². The van der Waals surface area contributed by atoms with Crippen LogP contribution in [-0.2, 0) is 4.79 Å². The third-order valence-electron chi connectivity index (χ3n) is 2.80. The maximum Gasteiger partial charge on any atom is 0.219 e. The lowest BCUT2D eigenvalue weighted by Gasteiger charge is -2.29. The van der Waals surface area contributed by atoms with E-state index in [1.54, 1.807) is 11.8 Å². The Morgan fingerprint density at radius 1 is 1.38 bits per heavy atom. The lowest BCUT2D eigenvalue weighted by atomic mass is 10.1. The fourth-order valence-electron chi connectivity index (χ4n) is 1.80. The summed E-state index contributed by atoms with van der Waals surface area (Å²) < 4.78 is 0. The number of nitrogens with zero attached hydrogens (tertiary/aromatic N) is 1. The Balaban J connectivity index is 4.16. The Bertz CT molecular complexity index is 186. The Morgan fingerprint density at radius 2 is 2.06 bits per heavy atom. The van der Waals surface area contributed by atoms with Gasteiger partial charge in [-0.1, -0.05) is 19.8 Å². The van der Waals surface area contributed by atoms with E-state index in [4.69, 9.17) is 5.73 Å². The molecule has 0 saturated heterocycles. The van der Waals surface area contributed by atoms with Crippen LogP contribution in [-0.4, -0.2) is 41.7 Å². The Morgan fingerprint density at radius 3 is 2.50 bits per heavy atom. The Labute approximate surface area is 98.8 Å². The zero-order valence-electron chi connectivity index (χ0n) is 10.6. The van der Waals surface area contributed by atoms with Gasteiger partial charge < -0.3 is 15.7 Å². The molecule has 3 N–H and O–H groups in total. The summed E-state index contributed by atoms with van der Waals surface area (Å²) in [4.78, 5) is 13.3. The second kappa shape index (κ2) is 9.60. The first-order valence-electron chi connectivity index (χ1n) is 6.25. The number of carbonyl (C=O) groups is 1. The molecule has 16 heavy (non-hydrogen) atoms. The van der Waals surface area contributed by atoms with Gasteiger partial charge in [-0.15, -0.1) is 0 Å². The Kier molecular flexibility index (Phi) is 9.24. The number of nitrogens with two attached hydrogens (primary N) is 1. The molecule has 4 nitrogen and oxygen atoms in total. The zero-order valence-corrected chi connectivity index (χ0v) is 10.6. The van der Waals surface area contributed by atoms with Crippen molar-refractivity contribution in [1.29, 1.82) is 0 Å². The number of unbranched alkanes of at least 4 members (excludes halogenated alkanes) is 2.